The van der Waals surface area contributed by atoms with Crippen molar-refractivity contribution in [2.45, 2.75) is 76.9 Å². The van der Waals surface area contributed by atoms with Crippen LogP contribution in [0.3, 0.4) is 0 Å². The average molecular weight is 282 g/mol. The predicted molar refractivity (Wildman–Crippen MR) is 80.9 cm³/mol. The van der Waals surface area contributed by atoms with E-state index in [2.05, 4.69) is 24.1 Å². The molecule has 2 saturated carbocycles. The number of carboxylic acid groups (broad SMARTS) is 1. The second-order valence-corrected chi connectivity index (χ2v) is 6.57. The van der Waals surface area contributed by atoms with Crippen LogP contribution in [-0.4, -0.2) is 47.2 Å². The molecule has 0 bridgehead atoms. The highest BCUT2D eigenvalue weighted by molar-refractivity contribution is 5.69. The number of nitrogens with zero attached hydrogens (tertiary/aromatic N) is 1. The Bertz CT molecular complexity index is 308. The fourth-order valence-electron chi connectivity index (χ4n) is 3.77. The van der Waals surface area contributed by atoms with Gasteiger partial charge >= 0.3 is 5.97 Å². The summed E-state index contributed by atoms with van der Waals surface area (Å²) < 4.78 is 0. The SMILES string of the molecule is CCC1CCC(NC2CC(N(CC)CC(=O)O)C2)CC1. The third-order valence-electron chi connectivity index (χ3n) is 5.27. The first-order valence-corrected chi connectivity index (χ1v) is 8.34. The molecule has 0 aromatic rings. The third-order valence-corrected chi connectivity index (χ3v) is 5.27. The van der Waals surface area contributed by atoms with E-state index in [1.165, 1.54) is 32.1 Å². The molecule has 0 aromatic carbocycles. The molecule has 2 rings (SSSR count). The molecule has 4 heteroatoms. The first kappa shape index (κ1) is 15.8. The van der Waals surface area contributed by atoms with Gasteiger partial charge in [-0.05, 0) is 51.0 Å². The first-order valence-electron chi connectivity index (χ1n) is 8.34. The summed E-state index contributed by atoms with van der Waals surface area (Å²) in [7, 11) is 0. The zero-order valence-corrected chi connectivity index (χ0v) is 13.0. The van der Waals surface area contributed by atoms with Gasteiger partial charge in [-0.1, -0.05) is 20.3 Å². The Labute approximate surface area is 122 Å². The standard InChI is InChI=1S/C16H30N2O2/c1-3-12-5-7-13(8-6-12)17-14-9-15(10-14)18(4-2)11-16(19)20/h12-15,17H,3-11H2,1-2H3,(H,19,20). The van der Waals surface area contributed by atoms with Crippen LogP contribution in [0.5, 0.6) is 0 Å². The fraction of sp³-hybridized carbons (Fsp3) is 0.938. The van der Waals surface area contributed by atoms with Crippen LogP contribution in [0, 0.1) is 5.92 Å². The minimum Gasteiger partial charge on any atom is -0.480 e. The van der Waals surface area contributed by atoms with Gasteiger partial charge in [0.1, 0.15) is 0 Å². The van der Waals surface area contributed by atoms with Crippen LogP contribution < -0.4 is 5.32 Å². The fourth-order valence-corrected chi connectivity index (χ4v) is 3.77. The van der Waals surface area contributed by atoms with Crippen molar-refractivity contribution in [2.75, 3.05) is 13.1 Å². The Hall–Kier alpha value is -0.610. The van der Waals surface area contributed by atoms with Gasteiger partial charge in [0.05, 0.1) is 6.54 Å². The molecule has 2 N–H and O–H groups in total. The maximum absolute atomic E-state index is 10.8. The first-order chi connectivity index (χ1) is 9.62. The molecule has 20 heavy (non-hydrogen) atoms. The zero-order chi connectivity index (χ0) is 14.5. The largest absolute Gasteiger partial charge is 0.480 e. The molecule has 0 radical (unpaired) electrons. The van der Waals surface area contributed by atoms with Crippen molar-refractivity contribution in [1.82, 2.24) is 10.2 Å². The van der Waals surface area contributed by atoms with Gasteiger partial charge in [-0.25, -0.2) is 0 Å². The lowest BCUT2D eigenvalue weighted by atomic mass is 9.81. The van der Waals surface area contributed by atoms with E-state index in [1.807, 2.05) is 0 Å². The molecule has 0 unspecified atom stereocenters. The molecule has 0 aromatic heterocycles. The van der Waals surface area contributed by atoms with Gasteiger partial charge in [-0.15, -0.1) is 0 Å². The highest BCUT2D eigenvalue weighted by Gasteiger charge is 2.35. The van der Waals surface area contributed by atoms with Crippen LogP contribution in [0.4, 0.5) is 0 Å². The summed E-state index contributed by atoms with van der Waals surface area (Å²) in [5, 5.41) is 12.7. The number of rotatable bonds is 7. The number of nitrogens with one attached hydrogen (secondary N) is 1. The van der Waals surface area contributed by atoms with Gasteiger partial charge in [-0.2, -0.15) is 0 Å². The number of hydrogen-bond acceptors (Lipinski definition) is 3. The van der Waals surface area contributed by atoms with Gasteiger partial charge < -0.3 is 10.4 Å². The van der Waals surface area contributed by atoms with Crippen LogP contribution in [0.25, 0.3) is 0 Å². The average Bonchev–Trinajstić information content (AvgIpc) is 2.40. The summed E-state index contributed by atoms with van der Waals surface area (Å²) in [6.45, 7) is 5.38. The van der Waals surface area contributed by atoms with Gasteiger partial charge in [0.25, 0.3) is 0 Å². The quantitative estimate of drug-likeness (QED) is 0.753. The Morgan fingerprint density at radius 2 is 1.80 bits per heavy atom. The Balaban J connectivity index is 1.65. The molecule has 0 atom stereocenters. The summed E-state index contributed by atoms with van der Waals surface area (Å²) >= 11 is 0. The van der Waals surface area contributed by atoms with E-state index in [0.29, 0.717) is 18.1 Å². The topological polar surface area (TPSA) is 52.6 Å². The smallest absolute Gasteiger partial charge is 0.317 e. The molecule has 2 aliphatic carbocycles. The zero-order valence-electron chi connectivity index (χ0n) is 13.0. The summed E-state index contributed by atoms with van der Waals surface area (Å²) in [6.07, 6.45) is 8.98. The van der Waals surface area contributed by atoms with Crippen molar-refractivity contribution >= 4 is 5.97 Å². The van der Waals surface area contributed by atoms with E-state index in [9.17, 15) is 4.79 Å². The van der Waals surface area contributed by atoms with E-state index in [1.54, 1.807) is 0 Å². The molecule has 0 heterocycles. The minimum absolute atomic E-state index is 0.190. The summed E-state index contributed by atoms with van der Waals surface area (Å²) in [4.78, 5) is 12.9. The molecule has 0 aliphatic heterocycles. The van der Waals surface area contributed by atoms with Gasteiger partial charge in [0.2, 0.25) is 0 Å². The monoisotopic (exact) mass is 282 g/mol. The normalized spacial score (nSPS) is 34.0. The van der Waals surface area contributed by atoms with Crippen molar-refractivity contribution in [3.8, 4) is 0 Å². The van der Waals surface area contributed by atoms with Gasteiger partial charge in [0, 0.05) is 18.1 Å². The number of likely N-dealkylation sites (N-methyl/N-ethyl adjacent to an activating group) is 1. The van der Waals surface area contributed by atoms with Crippen molar-refractivity contribution in [1.29, 1.82) is 0 Å². The lowest BCUT2D eigenvalue weighted by molar-refractivity contribution is -0.139. The third kappa shape index (κ3) is 4.19. The van der Waals surface area contributed by atoms with Crippen LogP contribution in [0.1, 0.15) is 58.8 Å². The predicted octanol–water partition coefficient (Wildman–Crippen LogP) is 2.48. The number of carbonyl (C=O) groups is 1. The molecular weight excluding hydrogens is 252 g/mol. The lowest BCUT2D eigenvalue weighted by Crippen LogP contribution is -2.56. The highest BCUT2D eigenvalue weighted by atomic mass is 16.4. The van der Waals surface area contributed by atoms with E-state index >= 15 is 0 Å². The second kappa shape index (κ2) is 7.41. The van der Waals surface area contributed by atoms with Crippen LogP contribution >= 0.6 is 0 Å². The molecule has 2 aliphatic rings. The Kier molecular flexibility index (Phi) is 5.85. The number of aliphatic carboxylic acids is 1. The minimum atomic E-state index is -0.707. The van der Waals surface area contributed by atoms with Crippen LogP contribution in [0.2, 0.25) is 0 Å². The second-order valence-electron chi connectivity index (χ2n) is 6.57. The van der Waals surface area contributed by atoms with E-state index < -0.39 is 5.97 Å². The van der Waals surface area contributed by atoms with Crippen molar-refractivity contribution in [2.24, 2.45) is 5.92 Å². The Morgan fingerprint density at radius 3 is 2.30 bits per heavy atom. The lowest BCUT2D eigenvalue weighted by Gasteiger charge is -2.44. The van der Waals surface area contributed by atoms with Gasteiger partial charge in [0.15, 0.2) is 0 Å². The molecule has 0 amide bonds. The molecule has 4 nitrogen and oxygen atoms in total. The van der Waals surface area contributed by atoms with Gasteiger partial charge in [-0.3, -0.25) is 9.69 Å². The molecule has 116 valence electrons. The highest BCUT2D eigenvalue weighted by Crippen LogP contribution is 2.30. The summed E-state index contributed by atoms with van der Waals surface area (Å²) in [5.41, 5.74) is 0. The number of carboxylic acids is 1. The van der Waals surface area contributed by atoms with Crippen molar-refractivity contribution in [3.63, 3.8) is 0 Å². The van der Waals surface area contributed by atoms with E-state index in [4.69, 9.17) is 5.11 Å². The maximum atomic E-state index is 10.8. The van der Waals surface area contributed by atoms with E-state index in [-0.39, 0.29) is 6.54 Å². The van der Waals surface area contributed by atoms with Crippen LogP contribution in [-0.2, 0) is 4.79 Å². The molecule has 0 spiro atoms. The summed E-state index contributed by atoms with van der Waals surface area (Å²) in [5.74, 6) is 0.245. The Morgan fingerprint density at radius 1 is 1.15 bits per heavy atom. The molecular formula is C16H30N2O2. The van der Waals surface area contributed by atoms with Crippen LogP contribution in [0.15, 0.2) is 0 Å². The van der Waals surface area contributed by atoms with E-state index in [0.717, 1.165) is 25.3 Å². The summed E-state index contributed by atoms with van der Waals surface area (Å²) in [6, 6.07) is 1.80. The molecule has 0 saturated heterocycles. The molecule has 2 fully saturated rings. The van der Waals surface area contributed by atoms with Crippen molar-refractivity contribution in [3.05, 3.63) is 0 Å². The maximum Gasteiger partial charge on any atom is 0.317 e. The van der Waals surface area contributed by atoms with Crippen molar-refractivity contribution < 1.29 is 9.90 Å². The number of hydrogen-bond donors (Lipinski definition) is 2.